The van der Waals surface area contributed by atoms with E-state index in [-0.39, 0.29) is 6.04 Å². The van der Waals surface area contributed by atoms with E-state index in [1.54, 1.807) is 0 Å². The molecule has 2 N–H and O–H groups in total. The van der Waals surface area contributed by atoms with Crippen molar-refractivity contribution in [1.82, 2.24) is 4.90 Å². The third-order valence-corrected chi connectivity index (χ3v) is 5.62. The molecule has 0 bridgehead atoms. The molecule has 4 nitrogen and oxygen atoms in total. The number of halogens is 1. The number of aliphatic imine (C=N–C) groups is 1. The number of benzene rings is 2. The zero-order valence-electron chi connectivity index (χ0n) is 13.4. The minimum Gasteiger partial charge on any atom is -0.348 e. The van der Waals surface area contributed by atoms with E-state index in [0.29, 0.717) is 10.1 Å². The number of anilines is 2. The number of nitrogens with one attached hydrogen (secondary N) is 2. The normalized spacial score (nSPS) is 18.7. The molecule has 2 aromatic carbocycles. The highest BCUT2D eigenvalue weighted by atomic mass is 35.5. The van der Waals surface area contributed by atoms with Crippen molar-refractivity contribution >= 4 is 57.2 Å². The monoisotopic (exact) mass is 388 g/mol. The first-order chi connectivity index (χ1) is 12.2. The molecule has 0 amide bonds. The Labute approximate surface area is 161 Å². The Morgan fingerprint density at radius 3 is 2.76 bits per heavy atom. The first kappa shape index (κ1) is 16.7. The molecule has 25 heavy (non-hydrogen) atoms. The van der Waals surface area contributed by atoms with Crippen molar-refractivity contribution in [2.24, 2.45) is 4.99 Å². The lowest BCUT2D eigenvalue weighted by molar-refractivity contribution is 0.464. The van der Waals surface area contributed by atoms with Gasteiger partial charge in [-0.1, -0.05) is 35.5 Å². The van der Waals surface area contributed by atoms with Crippen LogP contribution in [-0.2, 0) is 0 Å². The maximum Gasteiger partial charge on any atom is 0.175 e. The predicted octanol–water partition coefficient (Wildman–Crippen LogP) is 4.61. The molecule has 1 unspecified atom stereocenters. The summed E-state index contributed by atoms with van der Waals surface area (Å²) in [5.41, 5.74) is 3.07. The Bertz CT molecular complexity index is 822. The average Bonchev–Trinajstić information content (AvgIpc) is 3.19. The van der Waals surface area contributed by atoms with E-state index >= 15 is 0 Å². The van der Waals surface area contributed by atoms with E-state index in [4.69, 9.17) is 28.8 Å². The van der Waals surface area contributed by atoms with Crippen molar-refractivity contribution in [2.45, 2.75) is 6.04 Å². The van der Waals surface area contributed by atoms with Gasteiger partial charge in [-0.25, -0.2) is 0 Å². The predicted molar refractivity (Wildman–Crippen MR) is 112 cm³/mol. The second-order valence-electron chi connectivity index (χ2n) is 5.93. The lowest BCUT2D eigenvalue weighted by atomic mass is 10.1. The summed E-state index contributed by atoms with van der Waals surface area (Å²) in [6, 6.07) is 16.0. The smallest absolute Gasteiger partial charge is 0.175 e. The summed E-state index contributed by atoms with van der Waals surface area (Å²) in [6.45, 7) is 2.08. The number of amidine groups is 1. The molecule has 1 atom stereocenters. The Morgan fingerprint density at radius 1 is 1.16 bits per heavy atom. The van der Waals surface area contributed by atoms with Crippen LogP contribution in [0, 0.1) is 0 Å². The van der Waals surface area contributed by atoms with Crippen LogP contribution in [0.25, 0.3) is 0 Å². The fourth-order valence-corrected chi connectivity index (χ4v) is 4.34. The molecular weight excluding hydrogens is 372 g/mol. The van der Waals surface area contributed by atoms with E-state index in [0.717, 1.165) is 30.2 Å². The van der Waals surface area contributed by atoms with Crippen molar-refractivity contribution in [3.05, 3.63) is 59.1 Å². The van der Waals surface area contributed by atoms with Gasteiger partial charge in [0.1, 0.15) is 0 Å². The summed E-state index contributed by atoms with van der Waals surface area (Å²) in [7, 11) is 0. The molecule has 2 aliphatic rings. The average molecular weight is 389 g/mol. The van der Waals surface area contributed by atoms with Gasteiger partial charge in [-0.05, 0) is 54.2 Å². The van der Waals surface area contributed by atoms with Crippen LogP contribution in [0.15, 0.2) is 53.5 Å². The fourth-order valence-electron chi connectivity index (χ4n) is 2.94. The zero-order valence-corrected chi connectivity index (χ0v) is 15.8. The summed E-state index contributed by atoms with van der Waals surface area (Å²) in [5.74, 6) is 1.15. The molecule has 0 spiro atoms. The van der Waals surface area contributed by atoms with Crippen molar-refractivity contribution in [1.29, 1.82) is 0 Å². The Hall–Kier alpha value is -1.76. The summed E-state index contributed by atoms with van der Waals surface area (Å²) in [6.07, 6.45) is 0. The molecule has 0 saturated carbocycles. The van der Waals surface area contributed by atoms with Gasteiger partial charge in [0.05, 0.1) is 6.04 Å². The molecule has 128 valence electrons. The number of hydrogen-bond acceptors (Lipinski definition) is 4. The SMILES string of the molecule is S=C(Nc1ccc(Cl)cc1)Nc1cccc(C2CN3CCSC3=N2)c1. The van der Waals surface area contributed by atoms with Gasteiger partial charge in [-0.2, -0.15) is 0 Å². The van der Waals surface area contributed by atoms with Gasteiger partial charge >= 0.3 is 0 Å². The maximum absolute atomic E-state index is 5.90. The zero-order chi connectivity index (χ0) is 17.2. The Morgan fingerprint density at radius 2 is 1.96 bits per heavy atom. The summed E-state index contributed by atoms with van der Waals surface area (Å²) >= 11 is 13.1. The highest BCUT2D eigenvalue weighted by Crippen LogP contribution is 2.33. The van der Waals surface area contributed by atoms with Crippen LogP contribution >= 0.6 is 35.6 Å². The molecule has 2 aromatic rings. The van der Waals surface area contributed by atoms with Gasteiger partial charge in [0.2, 0.25) is 0 Å². The molecule has 4 rings (SSSR count). The van der Waals surface area contributed by atoms with Crippen molar-refractivity contribution < 1.29 is 0 Å². The molecule has 0 aromatic heterocycles. The molecule has 2 aliphatic heterocycles. The van der Waals surface area contributed by atoms with Gasteiger partial charge in [0.15, 0.2) is 10.3 Å². The van der Waals surface area contributed by atoms with Crippen LogP contribution in [0.1, 0.15) is 11.6 Å². The number of nitrogens with zero attached hydrogens (tertiary/aromatic N) is 2. The molecule has 7 heteroatoms. The number of hydrogen-bond donors (Lipinski definition) is 2. The van der Waals surface area contributed by atoms with Gasteiger partial charge in [-0.15, -0.1) is 0 Å². The van der Waals surface area contributed by atoms with Crippen LogP contribution in [0.5, 0.6) is 0 Å². The van der Waals surface area contributed by atoms with Crippen LogP contribution in [0.3, 0.4) is 0 Å². The summed E-state index contributed by atoms with van der Waals surface area (Å²) in [4.78, 5) is 7.20. The maximum atomic E-state index is 5.90. The molecular formula is C18H17ClN4S2. The van der Waals surface area contributed by atoms with Crippen molar-refractivity contribution in [3.63, 3.8) is 0 Å². The third kappa shape index (κ3) is 3.92. The van der Waals surface area contributed by atoms with Gasteiger partial charge in [-0.3, -0.25) is 4.99 Å². The fraction of sp³-hybridized carbons (Fsp3) is 0.222. The number of fused-ring (bicyclic) bond motifs is 1. The summed E-state index contributed by atoms with van der Waals surface area (Å²) < 4.78 is 0. The standard InChI is InChI=1S/C18H17ClN4S2/c19-13-4-6-14(7-5-13)20-17(24)21-15-3-1-2-12(10-15)16-11-23-8-9-25-18(23)22-16/h1-7,10,16H,8-9,11H2,(H2,20,21,24). The van der Waals surface area contributed by atoms with E-state index in [2.05, 4.69) is 27.7 Å². The second-order valence-corrected chi connectivity index (χ2v) is 7.84. The number of thioether (sulfide) groups is 1. The third-order valence-electron chi connectivity index (χ3n) is 4.15. The first-order valence-corrected chi connectivity index (χ1v) is 9.84. The van der Waals surface area contributed by atoms with Crippen molar-refractivity contribution in [2.75, 3.05) is 29.5 Å². The van der Waals surface area contributed by atoms with Crippen LogP contribution in [-0.4, -0.2) is 34.0 Å². The minimum atomic E-state index is 0.211. The largest absolute Gasteiger partial charge is 0.348 e. The second kappa shape index (κ2) is 7.23. The van der Waals surface area contributed by atoms with Gasteiger partial charge in [0, 0.05) is 35.2 Å². The molecule has 0 radical (unpaired) electrons. The molecule has 0 aliphatic carbocycles. The van der Waals surface area contributed by atoms with E-state index in [1.807, 2.05) is 48.2 Å². The quantitative estimate of drug-likeness (QED) is 0.751. The van der Waals surface area contributed by atoms with Gasteiger partial charge in [0.25, 0.3) is 0 Å². The lowest BCUT2D eigenvalue weighted by Crippen LogP contribution is -2.22. The van der Waals surface area contributed by atoms with Crippen LogP contribution in [0.2, 0.25) is 5.02 Å². The number of thiocarbonyl (C=S) groups is 1. The topological polar surface area (TPSA) is 39.7 Å². The minimum absolute atomic E-state index is 0.211. The summed E-state index contributed by atoms with van der Waals surface area (Å²) in [5, 5.41) is 8.84. The Balaban J connectivity index is 1.42. The number of rotatable bonds is 3. The highest BCUT2D eigenvalue weighted by molar-refractivity contribution is 8.14. The lowest BCUT2D eigenvalue weighted by Gasteiger charge is -2.15. The van der Waals surface area contributed by atoms with Crippen LogP contribution in [0.4, 0.5) is 11.4 Å². The van der Waals surface area contributed by atoms with E-state index in [1.165, 1.54) is 10.7 Å². The first-order valence-electron chi connectivity index (χ1n) is 8.06. The molecule has 1 saturated heterocycles. The highest BCUT2D eigenvalue weighted by Gasteiger charge is 2.30. The molecule has 2 heterocycles. The van der Waals surface area contributed by atoms with Crippen molar-refractivity contribution in [3.8, 4) is 0 Å². The van der Waals surface area contributed by atoms with E-state index < -0.39 is 0 Å². The van der Waals surface area contributed by atoms with E-state index in [9.17, 15) is 0 Å². The molecule has 1 fully saturated rings. The van der Waals surface area contributed by atoms with Crippen LogP contribution < -0.4 is 10.6 Å². The van der Waals surface area contributed by atoms with Gasteiger partial charge < -0.3 is 15.5 Å². The Kier molecular flexibility index (Phi) is 4.83.